The molecule has 0 bridgehead atoms. The molecule has 0 spiro atoms. The van der Waals surface area contributed by atoms with E-state index in [1.54, 1.807) is 12.1 Å². The van der Waals surface area contributed by atoms with Gasteiger partial charge in [-0.05, 0) is 18.2 Å². The van der Waals surface area contributed by atoms with Gasteiger partial charge >= 0.3 is 0 Å². The standard InChI is InChI=1S/C10H10ClN3O/c11-8-3-1-2-7(6-8)10-14-13-9(15-10)4-5-12/h1-3,6H,4-5,12H2. The number of hydrogen-bond acceptors (Lipinski definition) is 4. The first-order chi connectivity index (χ1) is 7.29. The fourth-order valence-electron chi connectivity index (χ4n) is 1.22. The summed E-state index contributed by atoms with van der Waals surface area (Å²) < 4.78 is 5.40. The highest BCUT2D eigenvalue weighted by atomic mass is 35.5. The Bertz CT molecular complexity index is 455. The maximum Gasteiger partial charge on any atom is 0.247 e. The fourth-order valence-corrected chi connectivity index (χ4v) is 1.41. The minimum absolute atomic E-state index is 0.473. The van der Waals surface area contributed by atoms with Crippen molar-refractivity contribution < 1.29 is 4.42 Å². The van der Waals surface area contributed by atoms with Crippen molar-refractivity contribution in [2.24, 2.45) is 5.73 Å². The molecule has 1 heterocycles. The summed E-state index contributed by atoms with van der Waals surface area (Å²) in [7, 11) is 0. The third-order valence-electron chi connectivity index (χ3n) is 1.90. The largest absolute Gasteiger partial charge is 0.421 e. The van der Waals surface area contributed by atoms with Gasteiger partial charge in [-0.3, -0.25) is 0 Å². The summed E-state index contributed by atoms with van der Waals surface area (Å²) in [5.41, 5.74) is 6.20. The molecule has 1 aromatic carbocycles. The summed E-state index contributed by atoms with van der Waals surface area (Å²) >= 11 is 5.85. The van der Waals surface area contributed by atoms with E-state index >= 15 is 0 Å². The van der Waals surface area contributed by atoms with Crippen LogP contribution < -0.4 is 5.73 Å². The zero-order chi connectivity index (χ0) is 10.7. The van der Waals surface area contributed by atoms with E-state index < -0.39 is 0 Å². The first kappa shape index (κ1) is 10.1. The zero-order valence-electron chi connectivity index (χ0n) is 7.98. The average molecular weight is 224 g/mol. The van der Waals surface area contributed by atoms with Crippen molar-refractivity contribution in [3.05, 3.63) is 35.2 Å². The number of halogens is 1. The molecule has 0 aliphatic heterocycles. The molecule has 4 nitrogen and oxygen atoms in total. The summed E-state index contributed by atoms with van der Waals surface area (Å²) in [6, 6.07) is 7.28. The lowest BCUT2D eigenvalue weighted by Crippen LogP contribution is -2.02. The highest BCUT2D eigenvalue weighted by molar-refractivity contribution is 6.30. The Morgan fingerprint density at radius 3 is 2.93 bits per heavy atom. The summed E-state index contributed by atoms with van der Waals surface area (Å²) in [6.45, 7) is 0.497. The molecule has 0 saturated heterocycles. The van der Waals surface area contributed by atoms with Crippen LogP contribution in [0, 0.1) is 0 Å². The maximum atomic E-state index is 5.85. The lowest BCUT2D eigenvalue weighted by atomic mass is 10.2. The molecule has 0 aliphatic rings. The molecule has 0 saturated carbocycles. The molecule has 2 aromatic rings. The molecule has 0 radical (unpaired) electrons. The fraction of sp³-hybridized carbons (Fsp3) is 0.200. The number of nitrogens with two attached hydrogens (primary N) is 1. The molecular weight excluding hydrogens is 214 g/mol. The van der Waals surface area contributed by atoms with Crippen LogP contribution in [0.5, 0.6) is 0 Å². The average Bonchev–Trinajstić information content (AvgIpc) is 2.67. The molecular formula is C10H10ClN3O. The predicted molar refractivity (Wildman–Crippen MR) is 57.5 cm³/mol. The van der Waals surface area contributed by atoms with Crippen molar-refractivity contribution in [1.82, 2.24) is 10.2 Å². The number of rotatable bonds is 3. The zero-order valence-corrected chi connectivity index (χ0v) is 8.74. The molecule has 0 unspecified atom stereocenters. The van der Waals surface area contributed by atoms with Crippen LogP contribution in [0.3, 0.4) is 0 Å². The third kappa shape index (κ3) is 2.34. The molecule has 2 N–H and O–H groups in total. The molecule has 5 heteroatoms. The quantitative estimate of drug-likeness (QED) is 0.863. The van der Waals surface area contributed by atoms with Crippen molar-refractivity contribution >= 4 is 11.6 Å². The van der Waals surface area contributed by atoms with E-state index in [1.807, 2.05) is 12.1 Å². The van der Waals surface area contributed by atoms with Crippen molar-refractivity contribution in [3.8, 4) is 11.5 Å². The topological polar surface area (TPSA) is 64.9 Å². The number of nitrogens with zero attached hydrogens (tertiary/aromatic N) is 2. The second-order valence-electron chi connectivity index (χ2n) is 3.05. The normalized spacial score (nSPS) is 10.5. The van der Waals surface area contributed by atoms with Gasteiger partial charge in [0.05, 0.1) is 0 Å². The smallest absolute Gasteiger partial charge is 0.247 e. The van der Waals surface area contributed by atoms with Gasteiger partial charge in [0.15, 0.2) is 0 Å². The van der Waals surface area contributed by atoms with Gasteiger partial charge < -0.3 is 10.2 Å². The van der Waals surface area contributed by atoms with E-state index in [9.17, 15) is 0 Å². The van der Waals surface area contributed by atoms with Gasteiger partial charge in [0, 0.05) is 23.6 Å². The van der Waals surface area contributed by atoms with Crippen LogP contribution in [0.2, 0.25) is 5.02 Å². The Balaban J connectivity index is 2.29. The van der Waals surface area contributed by atoms with E-state index in [0.29, 0.717) is 29.8 Å². The van der Waals surface area contributed by atoms with Crippen LogP contribution in [-0.2, 0) is 6.42 Å². The Morgan fingerprint density at radius 1 is 1.33 bits per heavy atom. The molecule has 15 heavy (non-hydrogen) atoms. The lowest BCUT2D eigenvalue weighted by Gasteiger charge is -1.94. The van der Waals surface area contributed by atoms with Crippen molar-refractivity contribution in [2.45, 2.75) is 6.42 Å². The van der Waals surface area contributed by atoms with Gasteiger partial charge in [0.25, 0.3) is 0 Å². The summed E-state index contributed by atoms with van der Waals surface area (Å²) in [5, 5.41) is 8.43. The first-order valence-electron chi connectivity index (χ1n) is 4.58. The summed E-state index contributed by atoms with van der Waals surface area (Å²) in [6.07, 6.45) is 0.591. The first-order valence-corrected chi connectivity index (χ1v) is 4.96. The third-order valence-corrected chi connectivity index (χ3v) is 2.13. The van der Waals surface area contributed by atoms with E-state index in [4.69, 9.17) is 21.8 Å². The van der Waals surface area contributed by atoms with Gasteiger partial charge in [-0.15, -0.1) is 10.2 Å². The van der Waals surface area contributed by atoms with E-state index in [0.717, 1.165) is 5.56 Å². The number of aromatic nitrogens is 2. The molecule has 1 aromatic heterocycles. The molecule has 2 rings (SSSR count). The Morgan fingerprint density at radius 2 is 2.20 bits per heavy atom. The minimum atomic E-state index is 0.473. The number of hydrogen-bond donors (Lipinski definition) is 1. The summed E-state index contributed by atoms with van der Waals surface area (Å²) in [4.78, 5) is 0. The SMILES string of the molecule is NCCc1nnc(-c2cccc(Cl)c2)o1. The van der Waals surface area contributed by atoms with Crippen LogP contribution in [0.25, 0.3) is 11.5 Å². The van der Waals surface area contributed by atoms with Gasteiger partial charge in [-0.25, -0.2) is 0 Å². The second-order valence-corrected chi connectivity index (χ2v) is 3.49. The van der Waals surface area contributed by atoms with Crippen molar-refractivity contribution in [3.63, 3.8) is 0 Å². The van der Waals surface area contributed by atoms with E-state index in [-0.39, 0.29) is 0 Å². The monoisotopic (exact) mass is 223 g/mol. The van der Waals surface area contributed by atoms with Crippen molar-refractivity contribution in [2.75, 3.05) is 6.54 Å². The molecule has 0 amide bonds. The van der Waals surface area contributed by atoms with Crippen LogP contribution in [0.1, 0.15) is 5.89 Å². The van der Waals surface area contributed by atoms with Crippen LogP contribution in [0.15, 0.2) is 28.7 Å². The van der Waals surface area contributed by atoms with Crippen LogP contribution in [-0.4, -0.2) is 16.7 Å². The Hall–Kier alpha value is -1.39. The molecule has 0 atom stereocenters. The molecule has 0 fully saturated rings. The van der Waals surface area contributed by atoms with Crippen LogP contribution in [0.4, 0.5) is 0 Å². The highest BCUT2D eigenvalue weighted by Gasteiger charge is 2.07. The molecule has 78 valence electrons. The van der Waals surface area contributed by atoms with Gasteiger partial charge in [0.2, 0.25) is 11.8 Å². The Labute approximate surface area is 92.1 Å². The van der Waals surface area contributed by atoms with E-state index in [1.165, 1.54) is 0 Å². The highest BCUT2D eigenvalue weighted by Crippen LogP contribution is 2.21. The maximum absolute atomic E-state index is 5.85. The number of benzene rings is 1. The summed E-state index contributed by atoms with van der Waals surface area (Å²) in [5.74, 6) is 1.02. The van der Waals surface area contributed by atoms with Crippen LogP contribution >= 0.6 is 11.6 Å². The minimum Gasteiger partial charge on any atom is -0.421 e. The van der Waals surface area contributed by atoms with Gasteiger partial charge in [-0.1, -0.05) is 17.7 Å². The Kier molecular flexibility index (Phi) is 2.99. The van der Waals surface area contributed by atoms with E-state index in [2.05, 4.69) is 10.2 Å². The lowest BCUT2D eigenvalue weighted by molar-refractivity contribution is 0.507. The van der Waals surface area contributed by atoms with Gasteiger partial charge in [0.1, 0.15) is 0 Å². The molecule has 0 aliphatic carbocycles. The predicted octanol–water partition coefficient (Wildman–Crippen LogP) is 1.89. The second kappa shape index (κ2) is 4.42. The van der Waals surface area contributed by atoms with Gasteiger partial charge in [-0.2, -0.15) is 0 Å². The van der Waals surface area contributed by atoms with Crippen molar-refractivity contribution in [1.29, 1.82) is 0 Å².